The minimum atomic E-state index is -3.92. The fraction of sp³-hybridized carbons (Fsp3) is 0.360. The summed E-state index contributed by atoms with van der Waals surface area (Å²) in [6.07, 6.45) is 1.11. The van der Waals surface area contributed by atoms with Gasteiger partial charge >= 0.3 is 0 Å². The van der Waals surface area contributed by atoms with Crippen molar-refractivity contribution >= 4 is 38.1 Å². The second-order valence-corrected chi connectivity index (χ2v) is 11.2. The summed E-state index contributed by atoms with van der Waals surface area (Å²) in [5.74, 6) is 0.311. The number of anilines is 2. The van der Waals surface area contributed by atoms with E-state index in [0.717, 1.165) is 16.4 Å². The summed E-state index contributed by atoms with van der Waals surface area (Å²) < 4.78 is 44.3. The molecule has 4 rings (SSSR count). The van der Waals surface area contributed by atoms with Crippen molar-refractivity contribution in [2.45, 2.75) is 17.7 Å². The Morgan fingerprint density at radius 2 is 1.84 bits per heavy atom. The molecule has 0 spiro atoms. The SMILES string of the molecule is CNc1nc(-c2ccc(OC)c(NC(=O)C3CCCN(S(=O)(=O)c4cc(OC)ccc4OC)C3)c2)cs1. The maximum absolute atomic E-state index is 13.5. The van der Waals surface area contributed by atoms with Gasteiger partial charge in [-0.1, -0.05) is 0 Å². The first-order valence-electron chi connectivity index (χ1n) is 11.7. The van der Waals surface area contributed by atoms with E-state index >= 15 is 0 Å². The molecule has 2 N–H and O–H groups in total. The number of thiazole rings is 1. The summed E-state index contributed by atoms with van der Waals surface area (Å²) in [6, 6.07) is 10.1. The van der Waals surface area contributed by atoms with Gasteiger partial charge in [0.05, 0.1) is 38.6 Å². The van der Waals surface area contributed by atoms with Crippen LogP contribution in [0.2, 0.25) is 0 Å². The van der Waals surface area contributed by atoms with Crippen LogP contribution in [0.5, 0.6) is 17.2 Å². The number of carbonyl (C=O) groups is 1. The van der Waals surface area contributed by atoms with E-state index in [0.29, 0.717) is 36.6 Å². The molecule has 1 amide bonds. The fourth-order valence-electron chi connectivity index (χ4n) is 4.22. The number of amides is 1. The molecule has 0 aliphatic carbocycles. The van der Waals surface area contributed by atoms with Crippen molar-refractivity contribution in [3.05, 3.63) is 41.8 Å². The van der Waals surface area contributed by atoms with Crippen LogP contribution in [0.15, 0.2) is 46.7 Å². The van der Waals surface area contributed by atoms with E-state index in [1.807, 2.05) is 17.5 Å². The van der Waals surface area contributed by atoms with Crippen LogP contribution in [0.3, 0.4) is 0 Å². The molecular weight excluding hydrogens is 516 g/mol. The van der Waals surface area contributed by atoms with Gasteiger partial charge in [0, 0.05) is 37.1 Å². The number of nitrogens with one attached hydrogen (secondary N) is 2. The Morgan fingerprint density at radius 3 is 2.51 bits per heavy atom. The monoisotopic (exact) mass is 546 g/mol. The highest BCUT2D eigenvalue weighted by molar-refractivity contribution is 7.89. The lowest BCUT2D eigenvalue weighted by molar-refractivity contribution is -0.120. The summed E-state index contributed by atoms with van der Waals surface area (Å²) in [7, 11) is 2.30. The molecule has 1 aliphatic heterocycles. The van der Waals surface area contributed by atoms with Crippen LogP contribution in [0, 0.1) is 5.92 Å². The first-order valence-corrected chi connectivity index (χ1v) is 14.0. The summed E-state index contributed by atoms with van der Waals surface area (Å²) in [6.45, 7) is 0.358. The summed E-state index contributed by atoms with van der Waals surface area (Å²) in [5.41, 5.74) is 2.10. The number of hydrogen-bond acceptors (Lipinski definition) is 9. The summed E-state index contributed by atoms with van der Waals surface area (Å²) in [4.78, 5) is 17.8. The van der Waals surface area contributed by atoms with Crippen molar-refractivity contribution in [1.82, 2.24) is 9.29 Å². The number of carbonyl (C=O) groups excluding carboxylic acids is 1. The number of nitrogens with zero attached hydrogens (tertiary/aromatic N) is 2. The van der Waals surface area contributed by atoms with E-state index in [-0.39, 0.29) is 23.1 Å². The Balaban J connectivity index is 1.55. The highest BCUT2D eigenvalue weighted by Crippen LogP contribution is 2.35. The fourth-order valence-corrected chi connectivity index (χ4v) is 6.60. The van der Waals surface area contributed by atoms with Gasteiger partial charge in [-0.3, -0.25) is 4.79 Å². The molecule has 1 atom stereocenters. The normalized spacial score (nSPS) is 16.2. The van der Waals surface area contributed by atoms with E-state index in [2.05, 4.69) is 15.6 Å². The molecule has 1 aromatic heterocycles. The molecule has 1 aliphatic rings. The number of rotatable bonds is 9. The molecule has 1 fully saturated rings. The zero-order chi connectivity index (χ0) is 26.6. The van der Waals surface area contributed by atoms with Gasteiger partial charge in [0.25, 0.3) is 0 Å². The Morgan fingerprint density at radius 1 is 1.08 bits per heavy atom. The van der Waals surface area contributed by atoms with Gasteiger partial charge in [-0.15, -0.1) is 11.3 Å². The average molecular weight is 547 g/mol. The minimum absolute atomic E-state index is 0.00831. The van der Waals surface area contributed by atoms with Crippen LogP contribution in [0.25, 0.3) is 11.3 Å². The summed E-state index contributed by atoms with van der Waals surface area (Å²) >= 11 is 1.48. The van der Waals surface area contributed by atoms with E-state index in [1.165, 1.54) is 43.0 Å². The van der Waals surface area contributed by atoms with Gasteiger partial charge in [0.15, 0.2) is 5.13 Å². The zero-order valence-corrected chi connectivity index (χ0v) is 22.7. The first kappa shape index (κ1) is 26.7. The molecule has 3 aromatic rings. The molecule has 10 nitrogen and oxygen atoms in total. The third kappa shape index (κ3) is 5.65. The molecule has 2 aromatic carbocycles. The van der Waals surface area contributed by atoms with Crippen molar-refractivity contribution in [1.29, 1.82) is 0 Å². The van der Waals surface area contributed by atoms with Crippen molar-refractivity contribution in [3.63, 3.8) is 0 Å². The predicted octanol–water partition coefficient (Wildman–Crippen LogP) is 3.92. The largest absolute Gasteiger partial charge is 0.497 e. The van der Waals surface area contributed by atoms with E-state index in [4.69, 9.17) is 14.2 Å². The smallest absolute Gasteiger partial charge is 0.246 e. The van der Waals surface area contributed by atoms with Gasteiger partial charge in [0.2, 0.25) is 15.9 Å². The lowest BCUT2D eigenvalue weighted by Gasteiger charge is -2.31. The molecule has 0 saturated carbocycles. The van der Waals surface area contributed by atoms with Gasteiger partial charge < -0.3 is 24.8 Å². The lowest BCUT2D eigenvalue weighted by atomic mass is 9.98. The third-order valence-electron chi connectivity index (χ3n) is 6.21. The number of ether oxygens (including phenoxy) is 3. The molecule has 0 bridgehead atoms. The second-order valence-electron chi connectivity index (χ2n) is 8.41. The van der Waals surface area contributed by atoms with E-state index in [1.54, 1.807) is 25.2 Å². The number of benzene rings is 2. The highest BCUT2D eigenvalue weighted by atomic mass is 32.2. The Kier molecular flexibility index (Phi) is 8.20. The van der Waals surface area contributed by atoms with Crippen LogP contribution in [-0.4, -0.2) is 65.1 Å². The van der Waals surface area contributed by atoms with Crippen molar-refractivity contribution in [2.75, 3.05) is 52.1 Å². The van der Waals surface area contributed by atoms with Gasteiger partial charge in [0.1, 0.15) is 22.1 Å². The maximum atomic E-state index is 13.5. The number of sulfonamides is 1. The molecular formula is C25H30N4O6S2. The van der Waals surface area contributed by atoms with E-state index < -0.39 is 15.9 Å². The molecule has 1 unspecified atom stereocenters. The third-order valence-corrected chi connectivity index (χ3v) is 8.96. The van der Waals surface area contributed by atoms with Gasteiger partial charge in [-0.2, -0.15) is 4.31 Å². The van der Waals surface area contributed by atoms with Crippen LogP contribution in [0.1, 0.15) is 12.8 Å². The molecule has 198 valence electrons. The molecule has 1 saturated heterocycles. The number of methoxy groups -OCH3 is 3. The Hall–Kier alpha value is -3.35. The van der Waals surface area contributed by atoms with Gasteiger partial charge in [-0.25, -0.2) is 13.4 Å². The number of aromatic nitrogens is 1. The van der Waals surface area contributed by atoms with Crippen LogP contribution in [-0.2, 0) is 14.8 Å². The quantitative estimate of drug-likeness (QED) is 0.415. The van der Waals surface area contributed by atoms with Crippen molar-refractivity contribution in [3.8, 4) is 28.5 Å². The van der Waals surface area contributed by atoms with Crippen LogP contribution < -0.4 is 24.8 Å². The number of piperidine rings is 1. The first-order chi connectivity index (χ1) is 17.8. The van der Waals surface area contributed by atoms with Crippen molar-refractivity contribution in [2.24, 2.45) is 5.92 Å². The molecule has 2 heterocycles. The minimum Gasteiger partial charge on any atom is -0.497 e. The molecule has 0 radical (unpaired) electrons. The average Bonchev–Trinajstić information content (AvgIpc) is 3.42. The Bertz CT molecular complexity index is 1380. The zero-order valence-electron chi connectivity index (χ0n) is 21.1. The topological polar surface area (TPSA) is 119 Å². The van der Waals surface area contributed by atoms with E-state index in [9.17, 15) is 13.2 Å². The maximum Gasteiger partial charge on any atom is 0.246 e. The molecule has 37 heavy (non-hydrogen) atoms. The molecule has 12 heteroatoms. The standard InChI is InChI=1S/C25H30N4O6S2/c1-26-25-28-20(15-36-25)16-7-9-21(34-3)19(12-16)27-24(30)17-6-5-11-29(14-17)37(31,32)23-13-18(33-2)8-10-22(23)35-4/h7-10,12-13,15,17H,5-6,11,14H2,1-4H3,(H,26,28)(H,27,30). The van der Waals surface area contributed by atoms with Crippen molar-refractivity contribution < 1.29 is 27.4 Å². The number of hydrogen-bond donors (Lipinski definition) is 2. The second kappa shape index (κ2) is 11.4. The lowest BCUT2D eigenvalue weighted by Crippen LogP contribution is -2.43. The van der Waals surface area contributed by atoms with Gasteiger partial charge in [-0.05, 0) is 43.2 Å². The van der Waals surface area contributed by atoms with Crippen LogP contribution >= 0.6 is 11.3 Å². The Labute approximate surface area is 220 Å². The van der Waals surface area contributed by atoms with Crippen LogP contribution in [0.4, 0.5) is 10.8 Å². The predicted molar refractivity (Wildman–Crippen MR) is 143 cm³/mol. The summed E-state index contributed by atoms with van der Waals surface area (Å²) in [5, 5.41) is 8.67. The highest BCUT2D eigenvalue weighted by Gasteiger charge is 2.35.